The molecule has 0 unspecified atom stereocenters. The molecule has 1 aliphatic carbocycles. The molecule has 1 atom stereocenters. The van der Waals surface area contributed by atoms with Gasteiger partial charge in [0.15, 0.2) is 0 Å². The highest BCUT2D eigenvalue weighted by Crippen LogP contribution is 2.26. The molecule has 1 amide bonds. The molecular formula is C21H29ClN2O. The number of hydrogen-bond donors (Lipinski definition) is 1. The van der Waals surface area contributed by atoms with Crippen LogP contribution in [0.2, 0.25) is 5.02 Å². The molecule has 1 N–H and O–H groups in total. The van der Waals surface area contributed by atoms with Crippen molar-refractivity contribution < 1.29 is 4.79 Å². The molecule has 0 saturated carbocycles. The predicted octanol–water partition coefficient (Wildman–Crippen LogP) is 5.13. The number of anilines is 1. The summed E-state index contributed by atoms with van der Waals surface area (Å²) in [6.45, 7) is 3.64. The summed E-state index contributed by atoms with van der Waals surface area (Å²) in [4.78, 5) is 14.8. The Morgan fingerprint density at radius 3 is 2.64 bits per heavy atom. The second-order valence-corrected chi connectivity index (χ2v) is 7.87. The zero-order valence-corrected chi connectivity index (χ0v) is 15.7. The fourth-order valence-electron chi connectivity index (χ4n) is 3.96. The van der Waals surface area contributed by atoms with Crippen LogP contribution in [0.5, 0.6) is 0 Å². The Balaban J connectivity index is 1.34. The van der Waals surface area contributed by atoms with Gasteiger partial charge in [-0.05, 0) is 75.6 Å². The summed E-state index contributed by atoms with van der Waals surface area (Å²) in [6, 6.07) is 7.41. The lowest BCUT2D eigenvalue weighted by Gasteiger charge is -2.34. The molecule has 0 aromatic heterocycles. The Kier molecular flexibility index (Phi) is 6.94. The van der Waals surface area contributed by atoms with E-state index in [1.165, 1.54) is 51.7 Å². The van der Waals surface area contributed by atoms with E-state index in [-0.39, 0.29) is 5.91 Å². The first-order valence-corrected chi connectivity index (χ1v) is 10.00. The van der Waals surface area contributed by atoms with Crippen LogP contribution in [0.3, 0.4) is 0 Å². The van der Waals surface area contributed by atoms with Gasteiger partial charge in [-0.15, -0.1) is 0 Å². The van der Waals surface area contributed by atoms with Crippen LogP contribution < -0.4 is 5.32 Å². The number of carbonyl (C=O) groups excluding carboxylic acids is 1. The third-order valence-electron chi connectivity index (χ3n) is 5.53. The van der Waals surface area contributed by atoms with Crippen molar-refractivity contribution in [2.45, 2.75) is 44.9 Å². The summed E-state index contributed by atoms with van der Waals surface area (Å²) >= 11 is 6.09. The Hall–Kier alpha value is -1.32. The monoisotopic (exact) mass is 360 g/mol. The van der Waals surface area contributed by atoms with Gasteiger partial charge >= 0.3 is 0 Å². The summed E-state index contributed by atoms with van der Waals surface area (Å²) in [7, 11) is 0. The largest absolute Gasteiger partial charge is 0.325 e. The highest BCUT2D eigenvalue weighted by Gasteiger charge is 2.22. The van der Waals surface area contributed by atoms with E-state index in [0.717, 1.165) is 12.3 Å². The summed E-state index contributed by atoms with van der Waals surface area (Å²) in [6.07, 6.45) is 12.5. The molecule has 1 aromatic rings. The lowest BCUT2D eigenvalue weighted by molar-refractivity contribution is -0.116. The average molecular weight is 361 g/mol. The molecule has 0 spiro atoms. The fourth-order valence-corrected chi connectivity index (χ4v) is 4.14. The van der Waals surface area contributed by atoms with Crippen molar-refractivity contribution in [3.05, 3.63) is 41.4 Å². The molecule has 1 aromatic carbocycles. The normalized spacial score (nSPS) is 22.0. The number of nitrogens with one attached hydrogen (secondary N) is 1. The zero-order chi connectivity index (χ0) is 17.5. The van der Waals surface area contributed by atoms with Gasteiger partial charge in [0.05, 0.1) is 10.7 Å². The first kappa shape index (κ1) is 18.5. The predicted molar refractivity (Wildman–Crippen MR) is 105 cm³/mol. The van der Waals surface area contributed by atoms with Gasteiger partial charge in [0, 0.05) is 13.0 Å². The molecule has 3 rings (SSSR count). The van der Waals surface area contributed by atoms with E-state index >= 15 is 0 Å². The fraction of sp³-hybridized carbons (Fsp3) is 0.571. The van der Waals surface area contributed by atoms with Crippen LogP contribution >= 0.6 is 11.6 Å². The van der Waals surface area contributed by atoms with Crippen LogP contribution in [-0.4, -0.2) is 30.4 Å². The lowest BCUT2D eigenvalue weighted by atomic mass is 9.89. The van der Waals surface area contributed by atoms with Crippen LogP contribution in [0.25, 0.3) is 0 Å². The van der Waals surface area contributed by atoms with Crippen molar-refractivity contribution in [3.63, 3.8) is 0 Å². The molecule has 1 saturated heterocycles. The SMILES string of the molecule is O=C(CCC1CCN(C[C@H]2CC=CCC2)CC1)Nc1ccccc1Cl. The Bertz CT molecular complexity index is 593. The Labute approximate surface area is 156 Å². The number of benzene rings is 1. The number of hydrogen-bond acceptors (Lipinski definition) is 2. The number of piperidine rings is 1. The van der Waals surface area contributed by atoms with Crippen molar-refractivity contribution >= 4 is 23.2 Å². The maximum atomic E-state index is 12.1. The van der Waals surface area contributed by atoms with E-state index in [1.54, 1.807) is 6.07 Å². The van der Waals surface area contributed by atoms with Crippen LogP contribution in [0.1, 0.15) is 44.9 Å². The first-order valence-electron chi connectivity index (χ1n) is 9.62. The number of rotatable bonds is 6. The van der Waals surface area contributed by atoms with Crippen molar-refractivity contribution in [2.75, 3.05) is 25.0 Å². The number of amides is 1. The van der Waals surface area contributed by atoms with Crippen molar-refractivity contribution in [2.24, 2.45) is 11.8 Å². The molecule has 136 valence electrons. The minimum atomic E-state index is 0.0736. The van der Waals surface area contributed by atoms with Crippen LogP contribution in [0.4, 0.5) is 5.69 Å². The van der Waals surface area contributed by atoms with Gasteiger partial charge in [-0.3, -0.25) is 4.79 Å². The first-order chi connectivity index (χ1) is 12.2. The third-order valence-corrected chi connectivity index (χ3v) is 5.86. The molecule has 0 bridgehead atoms. The molecule has 0 radical (unpaired) electrons. The van der Waals surface area contributed by atoms with Crippen molar-refractivity contribution in [1.82, 2.24) is 4.90 Å². The van der Waals surface area contributed by atoms with Gasteiger partial charge in [-0.1, -0.05) is 35.9 Å². The van der Waals surface area contributed by atoms with Crippen LogP contribution in [0, 0.1) is 11.8 Å². The zero-order valence-electron chi connectivity index (χ0n) is 14.9. The summed E-state index contributed by atoms with van der Waals surface area (Å²) in [5.74, 6) is 1.60. The minimum absolute atomic E-state index is 0.0736. The van der Waals surface area contributed by atoms with E-state index in [2.05, 4.69) is 22.4 Å². The molecule has 1 fully saturated rings. The Morgan fingerprint density at radius 1 is 1.12 bits per heavy atom. The molecule has 1 aliphatic heterocycles. The van der Waals surface area contributed by atoms with E-state index in [1.807, 2.05) is 18.2 Å². The van der Waals surface area contributed by atoms with Gasteiger partial charge < -0.3 is 10.2 Å². The quantitative estimate of drug-likeness (QED) is 0.713. The van der Waals surface area contributed by atoms with E-state index in [4.69, 9.17) is 11.6 Å². The van der Waals surface area contributed by atoms with E-state index in [9.17, 15) is 4.79 Å². The van der Waals surface area contributed by atoms with Crippen molar-refractivity contribution in [1.29, 1.82) is 0 Å². The Morgan fingerprint density at radius 2 is 1.92 bits per heavy atom. The number of nitrogens with zero attached hydrogens (tertiary/aromatic N) is 1. The molecule has 25 heavy (non-hydrogen) atoms. The number of likely N-dealkylation sites (tertiary alicyclic amines) is 1. The van der Waals surface area contributed by atoms with E-state index < -0.39 is 0 Å². The number of allylic oxidation sites excluding steroid dienone is 2. The van der Waals surface area contributed by atoms with Gasteiger partial charge in [0.1, 0.15) is 0 Å². The molecule has 1 heterocycles. The lowest BCUT2D eigenvalue weighted by Crippen LogP contribution is -2.37. The number of carbonyl (C=O) groups is 1. The topological polar surface area (TPSA) is 32.3 Å². The van der Waals surface area contributed by atoms with Crippen LogP contribution in [0.15, 0.2) is 36.4 Å². The van der Waals surface area contributed by atoms with Gasteiger partial charge in [0.25, 0.3) is 0 Å². The third kappa shape index (κ3) is 5.86. The standard InChI is InChI=1S/C21H29ClN2O/c22-19-8-4-5-9-20(19)23-21(25)11-10-17-12-14-24(15-13-17)16-18-6-2-1-3-7-18/h1-2,4-5,8-9,17-18H,3,6-7,10-16H2,(H,23,25)/t18-/m0/s1. The number of para-hydroxylation sites is 1. The second kappa shape index (κ2) is 9.40. The maximum Gasteiger partial charge on any atom is 0.224 e. The summed E-state index contributed by atoms with van der Waals surface area (Å²) in [5, 5.41) is 3.52. The second-order valence-electron chi connectivity index (χ2n) is 7.46. The minimum Gasteiger partial charge on any atom is -0.325 e. The average Bonchev–Trinajstić information content (AvgIpc) is 2.64. The number of halogens is 1. The van der Waals surface area contributed by atoms with Crippen molar-refractivity contribution in [3.8, 4) is 0 Å². The highest BCUT2D eigenvalue weighted by atomic mass is 35.5. The van der Waals surface area contributed by atoms with Gasteiger partial charge in [-0.2, -0.15) is 0 Å². The van der Waals surface area contributed by atoms with Gasteiger partial charge in [-0.25, -0.2) is 0 Å². The summed E-state index contributed by atoms with van der Waals surface area (Å²) in [5.41, 5.74) is 0.713. The van der Waals surface area contributed by atoms with Gasteiger partial charge in [0.2, 0.25) is 5.91 Å². The molecule has 4 heteroatoms. The van der Waals surface area contributed by atoms with E-state index in [0.29, 0.717) is 23.0 Å². The van der Waals surface area contributed by atoms with Crippen LogP contribution in [-0.2, 0) is 4.79 Å². The summed E-state index contributed by atoms with van der Waals surface area (Å²) < 4.78 is 0. The molecular weight excluding hydrogens is 332 g/mol. The molecule has 3 nitrogen and oxygen atoms in total. The molecule has 2 aliphatic rings. The maximum absolute atomic E-state index is 12.1. The highest BCUT2D eigenvalue weighted by molar-refractivity contribution is 6.33. The smallest absolute Gasteiger partial charge is 0.224 e.